The normalized spacial score (nSPS) is 18.1. The maximum absolute atomic E-state index is 6.37. The summed E-state index contributed by atoms with van der Waals surface area (Å²) in [5.74, 6) is 0.808. The smallest absolute Gasteiger partial charge is 0.130 e. The van der Waals surface area contributed by atoms with Crippen LogP contribution < -0.4 is 5.32 Å². The van der Waals surface area contributed by atoms with Crippen molar-refractivity contribution in [1.82, 2.24) is 15.1 Å². The predicted octanol–water partition coefficient (Wildman–Crippen LogP) is 3.48. The first-order valence-electron chi connectivity index (χ1n) is 7.54. The molecule has 1 fully saturated rings. The molecule has 0 spiro atoms. The van der Waals surface area contributed by atoms with Crippen LogP contribution in [0, 0.1) is 12.8 Å². The summed E-state index contributed by atoms with van der Waals surface area (Å²) in [6.07, 6.45) is 7.69. The molecule has 0 aliphatic heterocycles. The first-order valence-corrected chi connectivity index (χ1v) is 7.92. The van der Waals surface area contributed by atoms with Crippen molar-refractivity contribution < 1.29 is 0 Å². The van der Waals surface area contributed by atoms with Crippen LogP contribution >= 0.6 is 11.6 Å². The van der Waals surface area contributed by atoms with E-state index in [0.717, 1.165) is 29.7 Å². The van der Waals surface area contributed by atoms with Crippen LogP contribution in [0.5, 0.6) is 0 Å². The van der Waals surface area contributed by atoms with Crippen LogP contribution in [0.25, 0.3) is 0 Å². The van der Waals surface area contributed by atoms with Crippen molar-refractivity contribution in [3.05, 3.63) is 16.4 Å². The van der Waals surface area contributed by atoms with E-state index in [-0.39, 0.29) is 0 Å². The Bertz CT molecular complexity index is 408. The number of halogens is 1. The standard InChI is InChI=1S/C15H26ClN3/c1-4-9-17-14(12-7-5-6-8-12)10-13-11(2)18-19(3)15(13)16/h12,14,17H,4-10H2,1-3H3. The van der Waals surface area contributed by atoms with Crippen LogP contribution in [0.1, 0.15) is 50.3 Å². The Morgan fingerprint density at radius 3 is 2.63 bits per heavy atom. The van der Waals surface area contributed by atoms with E-state index in [9.17, 15) is 0 Å². The van der Waals surface area contributed by atoms with Gasteiger partial charge in [0.15, 0.2) is 0 Å². The molecule has 1 heterocycles. The van der Waals surface area contributed by atoms with Gasteiger partial charge in [0, 0.05) is 18.7 Å². The number of rotatable bonds is 6. The molecule has 1 N–H and O–H groups in total. The molecule has 1 aromatic heterocycles. The lowest BCUT2D eigenvalue weighted by molar-refractivity contribution is 0.356. The monoisotopic (exact) mass is 283 g/mol. The Morgan fingerprint density at radius 2 is 2.11 bits per heavy atom. The number of nitrogens with one attached hydrogen (secondary N) is 1. The first kappa shape index (κ1) is 14.9. The lowest BCUT2D eigenvalue weighted by Crippen LogP contribution is -2.37. The van der Waals surface area contributed by atoms with Crippen molar-refractivity contribution in [3.8, 4) is 0 Å². The fraction of sp³-hybridized carbons (Fsp3) is 0.800. The van der Waals surface area contributed by atoms with E-state index in [1.54, 1.807) is 4.68 Å². The Labute approximate surface area is 121 Å². The minimum Gasteiger partial charge on any atom is -0.313 e. The van der Waals surface area contributed by atoms with E-state index in [4.69, 9.17) is 11.6 Å². The van der Waals surface area contributed by atoms with Gasteiger partial charge >= 0.3 is 0 Å². The largest absolute Gasteiger partial charge is 0.313 e. The molecule has 0 amide bonds. The Kier molecular flexibility index (Phi) is 5.28. The summed E-state index contributed by atoms with van der Waals surface area (Å²) in [5, 5.41) is 8.96. The zero-order chi connectivity index (χ0) is 13.8. The molecule has 0 aromatic carbocycles. The van der Waals surface area contributed by atoms with Gasteiger partial charge in [-0.3, -0.25) is 4.68 Å². The van der Waals surface area contributed by atoms with Gasteiger partial charge in [0.2, 0.25) is 0 Å². The Hall–Kier alpha value is -0.540. The third-order valence-corrected chi connectivity index (χ3v) is 4.79. The van der Waals surface area contributed by atoms with Gasteiger partial charge in [0.25, 0.3) is 0 Å². The molecule has 1 aliphatic carbocycles. The lowest BCUT2D eigenvalue weighted by Gasteiger charge is -2.25. The number of aromatic nitrogens is 2. The van der Waals surface area contributed by atoms with Gasteiger partial charge in [-0.15, -0.1) is 0 Å². The highest BCUT2D eigenvalue weighted by molar-refractivity contribution is 6.30. The molecule has 108 valence electrons. The first-order chi connectivity index (χ1) is 9.13. The summed E-state index contributed by atoms with van der Waals surface area (Å²) >= 11 is 6.37. The third-order valence-electron chi connectivity index (χ3n) is 4.32. The number of hydrogen-bond acceptors (Lipinski definition) is 2. The molecule has 1 atom stereocenters. The summed E-state index contributed by atoms with van der Waals surface area (Å²) in [6, 6.07) is 0.558. The van der Waals surface area contributed by atoms with E-state index >= 15 is 0 Å². The van der Waals surface area contributed by atoms with Crippen molar-refractivity contribution in [1.29, 1.82) is 0 Å². The summed E-state index contributed by atoms with van der Waals surface area (Å²) in [7, 11) is 1.92. The zero-order valence-corrected chi connectivity index (χ0v) is 13.1. The van der Waals surface area contributed by atoms with E-state index in [0.29, 0.717) is 6.04 Å². The minimum atomic E-state index is 0.558. The highest BCUT2D eigenvalue weighted by Crippen LogP contribution is 2.31. The zero-order valence-electron chi connectivity index (χ0n) is 12.4. The van der Waals surface area contributed by atoms with Crippen LogP contribution in [-0.4, -0.2) is 22.4 Å². The minimum absolute atomic E-state index is 0.558. The maximum Gasteiger partial charge on any atom is 0.130 e. The van der Waals surface area contributed by atoms with Crippen LogP contribution in [-0.2, 0) is 13.5 Å². The van der Waals surface area contributed by atoms with Gasteiger partial charge in [0.05, 0.1) is 5.69 Å². The molecule has 19 heavy (non-hydrogen) atoms. The number of hydrogen-bond donors (Lipinski definition) is 1. The van der Waals surface area contributed by atoms with Crippen molar-refractivity contribution in [2.45, 2.75) is 58.4 Å². The summed E-state index contributed by atoms with van der Waals surface area (Å²) in [5.41, 5.74) is 2.30. The molecular formula is C15H26ClN3. The maximum atomic E-state index is 6.37. The molecule has 4 heteroatoms. The number of aryl methyl sites for hydroxylation is 2. The molecule has 2 rings (SSSR count). The average Bonchev–Trinajstić information content (AvgIpc) is 2.98. The predicted molar refractivity (Wildman–Crippen MR) is 80.7 cm³/mol. The fourth-order valence-corrected chi connectivity index (χ4v) is 3.47. The van der Waals surface area contributed by atoms with Crippen molar-refractivity contribution >= 4 is 11.6 Å². The van der Waals surface area contributed by atoms with E-state index in [1.807, 2.05) is 7.05 Å². The van der Waals surface area contributed by atoms with E-state index in [2.05, 4.69) is 24.3 Å². The molecule has 1 aromatic rings. The topological polar surface area (TPSA) is 29.9 Å². The molecule has 0 bridgehead atoms. The third kappa shape index (κ3) is 3.51. The van der Waals surface area contributed by atoms with Gasteiger partial charge in [0.1, 0.15) is 5.15 Å². The summed E-state index contributed by atoms with van der Waals surface area (Å²) < 4.78 is 1.79. The molecule has 1 saturated carbocycles. The van der Waals surface area contributed by atoms with Gasteiger partial charge in [-0.25, -0.2) is 0 Å². The average molecular weight is 284 g/mol. The van der Waals surface area contributed by atoms with E-state index < -0.39 is 0 Å². The molecule has 1 unspecified atom stereocenters. The Balaban J connectivity index is 2.09. The van der Waals surface area contributed by atoms with Crippen molar-refractivity contribution in [3.63, 3.8) is 0 Å². The highest BCUT2D eigenvalue weighted by Gasteiger charge is 2.26. The summed E-state index contributed by atoms with van der Waals surface area (Å²) in [6.45, 7) is 5.38. The van der Waals surface area contributed by atoms with Crippen LogP contribution in [0.3, 0.4) is 0 Å². The molecule has 0 saturated heterocycles. The fourth-order valence-electron chi connectivity index (χ4n) is 3.22. The molecule has 0 radical (unpaired) electrons. The van der Waals surface area contributed by atoms with Crippen molar-refractivity contribution in [2.24, 2.45) is 13.0 Å². The van der Waals surface area contributed by atoms with Crippen LogP contribution in [0.2, 0.25) is 5.15 Å². The van der Waals surface area contributed by atoms with Crippen LogP contribution in [0.15, 0.2) is 0 Å². The molecule has 1 aliphatic rings. The van der Waals surface area contributed by atoms with Crippen molar-refractivity contribution in [2.75, 3.05) is 6.54 Å². The Morgan fingerprint density at radius 1 is 1.42 bits per heavy atom. The molecular weight excluding hydrogens is 258 g/mol. The van der Waals surface area contributed by atoms with Gasteiger partial charge < -0.3 is 5.32 Å². The second-order valence-electron chi connectivity index (χ2n) is 5.79. The lowest BCUT2D eigenvalue weighted by atomic mass is 9.92. The van der Waals surface area contributed by atoms with E-state index in [1.165, 1.54) is 37.7 Å². The second-order valence-corrected chi connectivity index (χ2v) is 6.15. The SMILES string of the molecule is CCCNC(Cc1c(C)nn(C)c1Cl)C1CCCC1. The molecule has 3 nitrogen and oxygen atoms in total. The number of nitrogens with zero attached hydrogens (tertiary/aromatic N) is 2. The van der Waals surface area contributed by atoms with Gasteiger partial charge in [-0.05, 0) is 45.1 Å². The van der Waals surface area contributed by atoms with Crippen LogP contribution in [0.4, 0.5) is 0 Å². The van der Waals surface area contributed by atoms with Gasteiger partial charge in [-0.2, -0.15) is 5.10 Å². The summed E-state index contributed by atoms with van der Waals surface area (Å²) in [4.78, 5) is 0. The second kappa shape index (κ2) is 6.76. The highest BCUT2D eigenvalue weighted by atomic mass is 35.5. The van der Waals surface area contributed by atoms with Gasteiger partial charge in [-0.1, -0.05) is 31.4 Å². The quantitative estimate of drug-likeness (QED) is 0.866.